The molecular formula is C22H20F3N5O3. The minimum absolute atomic E-state index is 0.0111. The lowest BCUT2D eigenvalue weighted by molar-refractivity contribution is -0.140. The Morgan fingerprint density at radius 3 is 2.67 bits per heavy atom. The van der Waals surface area contributed by atoms with E-state index in [0.717, 1.165) is 6.07 Å². The first-order valence-corrected chi connectivity index (χ1v) is 9.93. The van der Waals surface area contributed by atoms with Gasteiger partial charge >= 0.3 is 6.18 Å². The molecule has 4 rings (SSSR count). The van der Waals surface area contributed by atoms with E-state index in [1.54, 1.807) is 6.07 Å². The summed E-state index contributed by atoms with van der Waals surface area (Å²) in [6, 6.07) is 4.09. The minimum atomic E-state index is -4.63. The lowest BCUT2D eigenvalue weighted by Crippen LogP contribution is -2.44. The largest absolute Gasteiger partial charge is 0.494 e. The van der Waals surface area contributed by atoms with Crippen molar-refractivity contribution in [3.63, 3.8) is 0 Å². The van der Waals surface area contributed by atoms with Gasteiger partial charge in [-0.3, -0.25) is 4.79 Å². The van der Waals surface area contributed by atoms with Gasteiger partial charge in [0.05, 0.1) is 13.2 Å². The van der Waals surface area contributed by atoms with E-state index in [9.17, 15) is 18.0 Å². The van der Waals surface area contributed by atoms with Crippen molar-refractivity contribution in [1.29, 1.82) is 5.41 Å². The van der Waals surface area contributed by atoms with Gasteiger partial charge in [-0.25, -0.2) is 9.97 Å². The molecular weight excluding hydrogens is 439 g/mol. The van der Waals surface area contributed by atoms with Gasteiger partial charge < -0.3 is 25.6 Å². The lowest BCUT2D eigenvalue weighted by Gasteiger charge is -2.27. The summed E-state index contributed by atoms with van der Waals surface area (Å²) in [4.78, 5) is 20.8. The summed E-state index contributed by atoms with van der Waals surface area (Å²) in [5.41, 5.74) is 5.72. The van der Waals surface area contributed by atoms with Crippen LogP contribution in [0.1, 0.15) is 40.8 Å². The number of nitrogens with one attached hydrogen (secondary N) is 2. The molecule has 1 aromatic carbocycles. The summed E-state index contributed by atoms with van der Waals surface area (Å²) in [6.07, 6.45) is -2.35. The van der Waals surface area contributed by atoms with E-state index in [1.165, 1.54) is 25.3 Å². The minimum Gasteiger partial charge on any atom is -0.494 e. The van der Waals surface area contributed by atoms with Gasteiger partial charge in [0.25, 0.3) is 5.91 Å². The van der Waals surface area contributed by atoms with Crippen LogP contribution < -0.4 is 15.8 Å². The zero-order valence-corrected chi connectivity index (χ0v) is 17.5. The molecule has 1 aliphatic rings. The number of alkyl halides is 3. The fourth-order valence-corrected chi connectivity index (χ4v) is 3.53. The zero-order chi connectivity index (χ0) is 23.9. The van der Waals surface area contributed by atoms with E-state index in [4.69, 9.17) is 20.3 Å². The molecule has 172 valence electrons. The Hall–Kier alpha value is -3.73. The summed E-state index contributed by atoms with van der Waals surface area (Å²) < 4.78 is 50.6. The number of nitrogens with zero attached hydrogens (tertiary/aromatic N) is 2. The molecule has 2 aromatic heterocycles. The van der Waals surface area contributed by atoms with Crippen LogP contribution in [0.5, 0.6) is 5.75 Å². The number of ether oxygens (including phenoxy) is 1. The van der Waals surface area contributed by atoms with Crippen LogP contribution in [0.4, 0.5) is 13.2 Å². The number of halogens is 3. The predicted molar refractivity (Wildman–Crippen MR) is 114 cm³/mol. The molecule has 0 bridgehead atoms. The molecule has 1 unspecified atom stereocenters. The average Bonchev–Trinajstić information content (AvgIpc) is 3.21. The van der Waals surface area contributed by atoms with Gasteiger partial charge in [0.1, 0.15) is 17.0 Å². The summed E-state index contributed by atoms with van der Waals surface area (Å²) in [6.45, 7) is 3.62. The standard InChI is InChI=1S/C22H20F3N5O3/c1-3-14(27)19-18(20(31)28-11-8-10(26)9-11)30-21(33-19)13-4-6-15(32-2)17-12(13)5-7-16(29-17)22(23,24)25/h3-7,11,14,26H,1,8-9,27H2,2H3,(H,28,31). The highest BCUT2D eigenvalue weighted by Crippen LogP contribution is 2.37. The van der Waals surface area contributed by atoms with Crippen molar-refractivity contribution in [2.45, 2.75) is 31.1 Å². The van der Waals surface area contributed by atoms with Crippen LogP contribution in [0, 0.1) is 5.41 Å². The van der Waals surface area contributed by atoms with E-state index < -0.39 is 23.8 Å². The first-order chi connectivity index (χ1) is 15.6. The molecule has 1 aliphatic carbocycles. The third-order valence-corrected chi connectivity index (χ3v) is 5.31. The fraction of sp³-hybridized carbons (Fsp3) is 0.273. The van der Waals surface area contributed by atoms with E-state index in [1.807, 2.05) is 0 Å². The van der Waals surface area contributed by atoms with Gasteiger partial charge in [-0.05, 0) is 24.3 Å². The summed E-state index contributed by atoms with van der Waals surface area (Å²) >= 11 is 0. The fourth-order valence-electron chi connectivity index (χ4n) is 3.53. The Morgan fingerprint density at radius 2 is 2.06 bits per heavy atom. The van der Waals surface area contributed by atoms with Crippen LogP contribution in [-0.4, -0.2) is 34.7 Å². The van der Waals surface area contributed by atoms with Crippen LogP contribution >= 0.6 is 0 Å². The lowest BCUT2D eigenvalue weighted by atomic mass is 9.90. The first kappa shape index (κ1) is 22.5. The third-order valence-electron chi connectivity index (χ3n) is 5.31. The number of hydrogen-bond donors (Lipinski definition) is 3. The molecule has 1 amide bonds. The van der Waals surface area contributed by atoms with E-state index in [0.29, 0.717) is 29.5 Å². The number of amides is 1. The SMILES string of the molecule is C=CC(N)c1oc(-c2ccc(OC)c3nc(C(F)(F)F)ccc23)nc1C(=O)NC1CC(=N)C1. The summed E-state index contributed by atoms with van der Waals surface area (Å²) in [5.74, 6) is -0.330. The van der Waals surface area contributed by atoms with Crippen molar-refractivity contribution in [3.8, 4) is 17.2 Å². The number of nitrogens with two attached hydrogens (primary N) is 1. The van der Waals surface area contributed by atoms with Gasteiger partial charge in [-0.1, -0.05) is 6.08 Å². The van der Waals surface area contributed by atoms with E-state index in [-0.39, 0.29) is 34.7 Å². The molecule has 3 aromatic rings. The number of benzene rings is 1. The van der Waals surface area contributed by atoms with Crippen LogP contribution in [-0.2, 0) is 6.18 Å². The van der Waals surface area contributed by atoms with Crippen molar-refractivity contribution in [2.75, 3.05) is 7.11 Å². The number of hydrogen-bond acceptors (Lipinski definition) is 7. The van der Waals surface area contributed by atoms with Gasteiger partial charge in [0.15, 0.2) is 11.5 Å². The predicted octanol–water partition coefficient (Wildman–Crippen LogP) is 4.01. The molecule has 11 heteroatoms. The maximum atomic E-state index is 13.2. The summed E-state index contributed by atoms with van der Waals surface area (Å²) in [5, 5.41) is 10.6. The van der Waals surface area contributed by atoms with Crippen molar-refractivity contribution in [2.24, 2.45) is 5.73 Å². The number of rotatable bonds is 6. The number of carbonyl (C=O) groups is 1. The number of methoxy groups -OCH3 is 1. The smallest absolute Gasteiger partial charge is 0.433 e. The highest BCUT2D eigenvalue weighted by atomic mass is 19.4. The highest BCUT2D eigenvalue weighted by Gasteiger charge is 2.34. The highest BCUT2D eigenvalue weighted by molar-refractivity contribution is 5.99. The maximum Gasteiger partial charge on any atom is 0.433 e. The van der Waals surface area contributed by atoms with Gasteiger partial charge in [0, 0.05) is 35.5 Å². The molecule has 1 fully saturated rings. The number of pyridine rings is 1. The Labute approximate surface area is 186 Å². The first-order valence-electron chi connectivity index (χ1n) is 9.93. The van der Waals surface area contributed by atoms with Crippen molar-refractivity contribution >= 4 is 22.5 Å². The Balaban J connectivity index is 1.82. The number of aromatic nitrogens is 2. The van der Waals surface area contributed by atoms with Crippen LogP contribution in [0.3, 0.4) is 0 Å². The molecule has 33 heavy (non-hydrogen) atoms. The van der Waals surface area contributed by atoms with Gasteiger partial charge in [0.2, 0.25) is 5.89 Å². The molecule has 2 heterocycles. The van der Waals surface area contributed by atoms with Crippen molar-refractivity contribution in [3.05, 3.63) is 54.1 Å². The zero-order valence-electron chi connectivity index (χ0n) is 17.5. The molecule has 0 aliphatic heterocycles. The molecule has 0 saturated heterocycles. The van der Waals surface area contributed by atoms with E-state index >= 15 is 0 Å². The van der Waals surface area contributed by atoms with Crippen LogP contribution in [0.25, 0.3) is 22.4 Å². The van der Waals surface area contributed by atoms with Gasteiger partial charge in [-0.15, -0.1) is 6.58 Å². The van der Waals surface area contributed by atoms with Gasteiger partial charge in [-0.2, -0.15) is 13.2 Å². The van der Waals surface area contributed by atoms with Crippen molar-refractivity contribution < 1.29 is 27.1 Å². The molecule has 1 atom stereocenters. The maximum absolute atomic E-state index is 13.2. The third kappa shape index (κ3) is 4.19. The second kappa shape index (κ2) is 8.32. The number of fused-ring (bicyclic) bond motifs is 1. The number of oxazole rings is 1. The molecule has 0 radical (unpaired) electrons. The van der Waals surface area contributed by atoms with Crippen molar-refractivity contribution in [1.82, 2.24) is 15.3 Å². The normalized spacial score (nSPS) is 16.9. The second-order valence-corrected chi connectivity index (χ2v) is 7.58. The molecule has 1 saturated carbocycles. The monoisotopic (exact) mass is 459 g/mol. The average molecular weight is 459 g/mol. The Kier molecular flexibility index (Phi) is 5.66. The Morgan fingerprint density at radius 1 is 1.33 bits per heavy atom. The number of carbonyl (C=O) groups excluding carboxylic acids is 1. The van der Waals surface area contributed by atoms with Crippen LogP contribution in [0.15, 0.2) is 41.3 Å². The second-order valence-electron chi connectivity index (χ2n) is 7.58. The quantitative estimate of drug-likeness (QED) is 0.478. The molecule has 4 N–H and O–H groups in total. The topological polar surface area (TPSA) is 127 Å². The summed E-state index contributed by atoms with van der Waals surface area (Å²) in [7, 11) is 1.32. The van der Waals surface area contributed by atoms with Crippen LogP contribution in [0.2, 0.25) is 0 Å². The molecule has 8 nitrogen and oxygen atoms in total. The van der Waals surface area contributed by atoms with E-state index in [2.05, 4.69) is 21.9 Å². The molecule has 0 spiro atoms. The Bertz CT molecular complexity index is 1260.